The maximum atomic E-state index is 11.3. The number of sulfone groups is 1. The van der Waals surface area contributed by atoms with Crippen molar-refractivity contribution in [2.45, 2.75) is 38.5 Å². The van der Waals surface area contributed by atoms with E-state index in [1.165, 1.54) is 11.1 Å². The van der Waals surface area contributed by atoms with Gasteiger partial charge in [0.25, 0.3) is 0 Å². The third kappa shape index (κ3) is 3.35. The number of halogens is 1. The van der Waals surface area contributed by atoms with Gasteiger partial charge in [-0.3, -0.25) is 0 Å². The molecule has 0 saturated heterocycles. The first-order valence-electron chi connectivity index (χ1n) is 7.60. The van der Waals surface area contributed by atoms with Crippen LogP contribution in [0.5, 0.6) is 0 Å². The van der Waals surface area contributed by atoms with Gasteiger partial charge in [-0.15, -0.1) is 0 Å². The van der Waals surface area contributed by atoms with E-state index in [0.29, 0.717) is 12.4 Å². The third-order valence-corrected chi connectivity index (χ3v) is 5.57. The Morgan fingerprint density at radius 1 is 1.38 bits per heavy atom. The van der Waals surface area contributed by atoms with E-state index in [1.54, 1.807) is 0 Å². The third-order valence-electron chi connectivity index (χ3n) is 4.14. The van der Waals surface area contributed by atoms with Crippen molar-refractivity contribution in [3.63, 3.8) is 0 Å². The van der Waals surface area contributed by atoms with Crippen molar-refractivity contribution in [2.75, 3.05) is 17.7 Å². The second-order valence-corrected chi connectivity index (χ2v) is 10.00. The second-order valence-electron chi connectivity index (χ2n) is 7.00. The van der Waals surface area contributed by atoms with Crippen molar-refractivity contribution in [3.8, 4) is 0 Å². The lowest BCUT2D eigenvalue weighted by molar-refractivity contribution is 0.370. The van der Waals surface area contributed by atoms with Crippen LogP contribution in [0.25, 0.3) is 0 Å². The van der Waals surface area contributed by atoms with E-state index in [-0.39, 0.29) is 17.0 Å². The van der Waals surface area contributed by atoms with Crippen LogP contribution in [0, 0.1) is 6.92 Å². The molecule has 1 aliphatic rings. The van der Waals surface area contributed by atoms with Gasteiger partial charge in [0.15, 0.2) is 15.7 Å². The molecule has 0 amide bonds. The summed E-state index contributed by atoms with van der Waals surface area (Å²) in [6.45, 7) is 7.83. The lowest BCUT2D eigenvalue weighted by atomic mass is 9.84. The summed E-state index contributed by atoms with van der Waals surface area (Å²) < 4.78 is 29.0. The van der Waals surface area contributed by atoms with Gasteiger partial charge in [0.2, 0.25) is 5.89 Å². The highest BCUT2D eigenvalue weighted by atomic mass is 79.9. The van der Waals surface area contributed by atoms with Crippen molar-refractivity contribution in [1.82, 2.24) is 10.1 Å². The number of anilines is 1. The van der Waals surface area contributed by atoms with Crippen molar-refractivity contribution in [1.29, 1.82) is 0 Å². The summed E-state index contributed by atoms with van der Waals surface area (Å²) in [6, 6.07) is 4.16. The van der Waals surface area contributed by atoms with Crippen molar-refractivity contribution >= 4 is 31.5 Å². The van der Waals surface area contributed by atoms with E-state index < -0.39 is 9.84 Å². The van der Waals surface area contributed by atoms with Gasteiger partial charge < -0.3 is 9.42 Å². The SMILES string of the molecule is Cc1ccc(Br)c2c1C(C)(C)CN2Cc1nc(CS(C)(=O)=O)no1. The zero-order valence-electron chi connectivity index (χ0n) is 14.1. The molecule has 1 aromatic heterocycles. The molecule has 0 bridgehead atoms. The highest BCUT2D eigenvalue weighted by molar-refractivity contribution is 9.10. The Labute approximate surface area is 150 Å². The molecule has 6 nitrogen and oxygen atoms in total. The predicted octanol–water partition coefficient (Wildman–Crippen LogP) is 2.98. The summed E-state index contributed by atoms with van der Waals surface area (Å²) >= 11 is 3.64. The highest BCUT2D eigenvalue weighted by Crippen LogP contribution is 2.46. The number of hydrogen-bond donors (Lipinski definition) is 0. The minimum absolute atomic E-state index is 0.0127. The first-order valence-corrected chi connectivity index (χ1v) is 10.5. The van der Waals surface area contributed by atoms with Crippen molar-refractivity contribution in [2.24, 2.45) is 0 Å². The van der Waals surface area contributed by atoms with E-state index in [9.17, 15) is 8.42 Å². The molecule has 0 spiro atoms. The van der Waals surface area contributed by atoms with Crippen LogP contribution in [0.2, 0.25) is 0 Å². The number of aromatic nitrogens is 2. The van der Waals surface area contributed by atoms with Crippen molar-refractivity contribution < 1.29 is 12.9 Å². The average molecular weight is 414 g/mol. The Hall–Kier alpha value is -1.41. The fourth-order valence-corrected chi connectivity index (χ4v) is 4.58. The molecule has 0 unspecified atom stereocenters. The smallest absolute Gasteiger partial charge is 0.246 e. The maximum Gasteiger partial charge on any atom is 0.246 e. The molecule has 1 aliphatic heterocycles. The number of fused-ring (bicyclic) bond motifs is 1. The summed E-state index contributed by atoms with van der Waals surface area (Å²) in [7, 11) is -3.18. The number of aryl methyl sites for hydroxylation is 1. The first kappa shape index (κ1) is 17.4. The van der Waals surface area contributed by atoms with Crippen LogP contribution in [0.4, 0.5) is 5.69 Å². The monoisotopic (exact) mass is 413 g/mol. The lowest BCUT2D eigenvalue weighted by Gasteiger charge is -2.21. The van der Waals surface area contributed by atoms with Gasteiger partial charge in [-0.05, 0) is 40.0 Å². The van der Waals surface area contributed by atoms with E-state index in [1.807, 2.05) is 6.07 Å². The zero-order chi connectivity index (χ0) is 17.7. The van der Waals surface area contributed by atoms with E-state index in [0.717, 1.165) is 23.0 Å². The number of benzene rings is 1. The van der Waals surface area contributed by atoms with Crippen LogP contribution >= 0.6 is 15.9 Å². The molecule has 0 atom stereocenters. The van der Waals surface area contributed by atoms with Gasteiger partial charge >= 0.3 is 0 Å². The molecule has 0 saturated carbocycles. The lowest BCUT2D eigenvalue weighted by Crippen LogP contribution is -2.28. The fraction of sp³-hybridized carbons (Fsp3) is 0.500. The second kappa shape index (κ2) is 5.84. The van der Waals surface area contributed by atoms with E-state index in [2.05, 4.69) is 57.8 Å². The molecule has 0 fully saturated rings. The van der Waals surface area contributed by atoms with Crippen LogP contribution in [-0.2, 0) is 27.5 Å². The molecular weight excluding hydrogens is 394 g/mol. The standard InChI is InChI=1S/C16H20BrN3O3S/c1-10-5-6-11(17)15-14(10)16(2,3)9-20(15)7-13-18-12(19-23-13)8-24(4,21)22/h5-6H,7-9H2,1-4H3. The molecule has 24 heavy (non-hydrogen) atoms. The molecule has 2 heterocycles. The summed E-state index contributed by atoms with van der Waals surface area (Å²) in [5.74, 6) is 0.418. The molecule has 3 rings (SSSR count). The summed E-state index contributed by atoms with van der Waals surface area (Å²) in [4.78, 5) is 6.42. The summed E-state index contributed by atoms with van der Waals surface area (Å²) in [5.41, 5.74) is 3.72. The van der Waals surface area contributed by atoms with E-state index >= 15 is 0 Å². The van der Waals surface area contributed by atoms with Gasteiger partial charge in [0, 0.05) is 22.7 Å². The highest BCUT2D eigenvalue weighted by Gasteiger charge is 2.38. The average Bonchev–Trinajstić information content (AvgIpc) is 2.95. The molecule has 1 aromatic carbocycles. The minimum Gasteiger partial charge on any atom is -0.360 e. The number of nitrogens with zero attached hydrogens (tertiary/aromatic N) is 3. The number of hydrogen-bond acceptors (Lipinski definition) is 6. The van der Waals surface area contributed by atoms with Gasteiger partial charge in [0.05, 0.1) is 12.2 Å². The van der Waals surface area contributed by atoms with Gasteiger partial charge in [-0.25, -0.2) is 8.42 Å². The summed E-state index contributed by atoms with van der Waals surface area (Å²) in [5, 5.41) is 3.77. The van der Waals surface area contributed by atoms with Gasteiger partial charge in [-0.2, -0.15) is 4.98 Å². The minimum atomic E-state index is -3.18. The van der Waals surface area contributed by atoms with Crippen LogP contribution in [0.3, 0.4) is 0 Å². The van der Waals surface area contributed by atoms with Gasteiger partial charge in [0.1, 0.15) is 5.75 Å². The Kier molecular flexibility index (Phi) is 4.24. The number of rotatable bonds is 4. The predicted molar refractivity (Wildman–Crippen MR) is 95.8 cm³/mol. The normalized spacial score (nSPS) is 16.5. The van der Waals surface area contributed by atoms with E-state index in [4.69, 9.17) is 4.52 Å². The molecule has 0 N–H and O–H groups in total. The largest absolute Gasteiger partial charge is 0.360 e. The Balaban J connectivity index is 1.90. The molecule has 130 valence electrons. The molecule has 0 radical (unpaired) electrons. The van der Waals surface area contributed by atoms with Crippen LogP contribution in [0.1, 0.15) is 36.7 Å². The van der Waals surface area contributed by atoms with Gasteiger partial charge in [-0.1, -0.05) is 25.1 Å². The molecule has 0 aliphatic carbocycles. The van der Waals surface area contributed by atoms with Crippen LogP contribution < -0.4 is 4.90 Å². The Morgan fingerprint density at radius 2 is 2.08 bits per heavy atom. The Morgan fingerprint density at radius 3 is 2.75 bits per heavy atom. The van der Waals surface area contributed by atoms with Crippen LogP contribution in [-0.4, -0.2) is 31.4 Å². The summed E-state index contributed by atoms with van der Waals surface area (Å²) in [6.07, 6.45) is 1.15. The first-order chi connectivity index (χ1) is 11.1. The van der Waals surface area contributed by atoms with Crippen LogP contribution in [0.15, 0.2) is 21.1 Å². The fourth-order valence-electron chi connectivity index (χ4n) is 3.41. The topological polar surface area (TPSA) is 76.3 Å². The maximum absolute atomic E-state index is 11.3. The van der Waals surface area contributed by atoms with Crippen molar-refractivity contribution in [3.05, 3.63) is 39.4 Å². The molecular formula is C16H20BrN3O3S. The Bertz CT molecular complexity index is 890. The zero-order valence-corrected chi connectivity index (χ0v) is 16.5. The quantitative estimate of drug-likeness (QED) is 0.766. The molecule has 8 heteroatoms. The molecule has 2 aromatic rings.